The van der Waals surface area contributed by atoms with E-state index in [0.29, 0.717) is 29.7 Å². The maximum absolute atomic E-state index is 14.4. The Morgan fingerprint density at radius 1 is 0.976 bits per heavy atom. The summed E-state index contributed by atoms with van der Waals surface area (Å²) in [7, 11) is 0. The summed E-state index contributed by atoms with van der Waals surface area (Å²) in [4.78, 5) is 15.8. The standard InChI is InChI=1S/C32H32F5N3O2/c1-3-4-18-40-28(29(32(35,36)37)39-30(40)25-8-6-5-7-9-25)19-27(24-14-16-26(17-15-24)42-31(33)34)38-20-22-10-12-23(13-11-22)21(2)41/h5-17,27,31,38H,3-4,18-20H2,1-2H3. The number of benzene rings is 3. The van der Waals surface area contributed by atoms with Gasteiger partial charge in [0.25, 0.3) is 0 Å². The number of hydrogen-bond donors (Lipinski definition) is 1. The number of aromatic nitrogens is 2. The molecular formula is C32H32F5N3O2. The number of imidazole rings is 1. The third-order valence-electron chi connectivity index (χ3n) is 6.93. The van der Waals surface area contributed by atoms with Crippen molar-refractivity contribution in [2.45, 2.75) is 65.0 Å². The molecule has 4 aromatic rings. The van der Waals surface area contributed by atoms with Crippen LogP contribution in [0.15, 0.2) is 78.9 Å². The lowest BCUT2D eigenvalue weighted by atomic mass is 9.99. The van der Waals surface area contributed by atoms with Gasteiger partial charge >= 0.3 is 12.8 Å². The van der Waals surface area contributed by atoms with Crippen LogP contribution >= 0.6 is 0 Å². The molecule has 1 atom stereocenters. The molecule has 0 aliphatic carbocycles. The molecule has 0 saturated heterocycles. The van der Waals surface area contributed by atoms with Crippen molar-refractivity contribution in [3.63, 3.8) is 0 Å². The van der Waals surface area contributed by atoms with E-state index in [1.165, 1.54) is 19.1 Å². The number of hydrogen-bond acceptors (Lipinski definition) is 4. The molecule has 0 aliphatic rings. The highest BCUT2D eigenvalue weighted by molar-refractivity contribution is 5.94. The Morgan fingerprint density at radius 2 is 1.64 bits per heavy atom. The minimum Gasteiger partial charge on any atom is -0.435 e. The van der Waals surface area contributed by atoms with Crippen LogP contribution in [0.2, 0.25) is 0 Å². The molecule has 0 saturated carbocycles. The number of carbonyl (C=O) groups excluding carboxylic acids is 1. The Balaban J connectivity index is 1.75. The van der Waals surface area contributed by atoms with Crippen molar-refractivity contribution in [3.8, 4) is 17.1 Å². The van der Waals surface area contributed by atoms with Crippen molar-refractivity contribution < 1.29 is 31.5 Å². The van der Waals surface area contributed by atoms with Gasteiger partial charge in [-0.15, -0.1) is 0 Å². The van der Waals surface area contributed by atoms with Gasteiger partial charge in [0, 0.05) is 36.7 Å². The molecule has 222 valence electrons. The lowest BCUT2D eigenvalue weighted by molar-refractivity contribution is -0.141. The van der Waals surface area contributed by atoms with Gasteiger partial charge in [0.05, 0.1) is 5.69 Å². The van der Waals surface area contributed by atoms with E-state index >= 15 is 0 Å². The average molecular weight is 586 g/mol. The highest BCUT2D eigenvalue weighted by Gasteiger charge is 2.39. The van der Waals surface area contributed by atoms with Gasteiger partial charge in [-0.05, 0) is 36.6 Å². The first-order valence-corrected chi connectivity index (χ1v) is 13.7. The summed E-state index contributed by atoms with van der Waals surface area (Å²) in [6, 6.07) is 20.9. The zero-order valence-corrected chi connectivity index (χ0v) is 23.3. The quantitative estimate of drug-likeness (QED) is 0.127. The number of alkyl halides is 5. The highest BCUT2D eigenvalue weighted by atomic mass is 19.4. The Hall–Kier alpha value is -4.05. The fourth-order valence-corrected chi connectivity index (χ4v) is 4.77. The van der Waals surface area contributed by atoms with Crippen LogP contribution in [-0.2, 0) is 25.7 Å². The number of ketones is 1. The SMILES string of the molecule is CCCCn1c(-c2ccccc2)nc(C(F)(F)F)c1CC(NCc1ccc(C(C)=O)cc1)c1ccc(OC(F)F)cc1. The molecule has 42 heavy (non-hydrogen) atoms. The van der Waals surface area contributed by atoms with Crippen LogP contribution in [0.25, 0.3) is 11.4 Å². The predicted molar refractivity (Wildman–Crippen MR) is 150 cm³/mol. The number of rotatable bonds is 13. The van der Waals surface area contributed by atoms with E-state index < -0.39 is 24.5 Å². The van der Waals surface area contributed by atoms with E-state index in [2.05, 4.69) is 15.0 Å². The molecule has 0 fully saturated rings. The van der Waals surface area contributed by atoms with Crippen molar-refractivity contribution in [1.29, 1.82) is 0 Å². The van der Waals surface area contributed by atoms with Crippen molar-refractivity contribution in [1.82, 2.24) is 14.9 Å². The molecule has 0 radical (unpaired) electrons. The lowest BCUT2D eigenvalue weighted by Crippen LogP contribution is -2.25. The second kappa shape index (κ2) is 13.7. The molecule has 1 N–H and O–H groups in total. The lowest BCUT2D eigenvalue weighted by Gasteiger charge is -2.22. The van der Waals surface area contributed by atoms with Gasteiger partial charge in [-0.2, -0.15) is 22.0 Å². The summed E-state index contributed by atoms with van der Waals surface area (Å²) in [5, 5.41) is 3.34. The van der Waals surface area contributed by atoms with Gasteiger partial charge in [0.2, 0.25) is 0 Å². The van der Waals surface area contributed by atoms with Crippen LogP contribution in [0, 0.1) is 0 Å². The molecule has 3 aromatic carbocycles. The molecule has 0 amide bonds. The summed E-state index contributed by atoms with van der Waals surface area (Å²) in [6.45, 7) is 1.07. The van der Waals surface area contributed by atoms with Gasteiger partial charge in [-0.3, -0.25) is 4.79 Å². The van der Waals surface area contributed by atoms with Crippen LogP contribution in [0.4, 0.5) is 22.0 Å². The summed E-state index contributed by atoms with van der Waals surface area (Å²) in [5.74, 6) is 0.112. The Labute approximate surface area is 241 Å². The maximum Gasteiger partial charge on any atom is 0.435 e. The van der Waals surface area contributed by atoms with Crippen molar-refractivity contribution in [2.75, 3.05) is 0 Å². The molecule has 10 heteroatoms. The predicted octanol–water partition coefficient (Wildman–Crippen LogP) is 8.25. The zero-order chi connectivity index (χ0) is 30.3. The van der Waals surface area contributed by atoms with Crippen molar-refractivity contribution >= 4 is 5.78 Å². The average Bonchev–Trinajstić information content (AvgIpc) is 3.33. The largest absolute Gasteiger partial charge is 0.435 e. The first-order chi connectivity index (χ1) is 20.1. The van der Waals surface area contributed by atoms with Crippen molar-refractivity contribution in [2.24, 2.45) is 0 Å². The number of carbonyl (C=O) groups is 1. The maximum atomic E-state index is 14.4. The monoisotopic (exact) mass is 585 g/mol. The normalized spacial score (nSPS) is 12.5. The van der Waals surface area contributed by atoms with Gasteiger partial charge in [0.1, 0.15) is 11.6 Å². The fourth-order valence-electron chi connectivity index (χ4n) is 4.77. The van der Waals surface area contributed by atoms with Gasteiger partial charge in [-0.1, -0.05) is 80.1 Å². The second-order valence-corrected chi connectivity index (χ2v) is 9.94. The Bertz CT molecular complexity index is 1450. The van der Waals surface area contributed by atoms with E-state index in [4.69, 9.17) is 0 Å². The summed E-state index contributed by atoms with van der Waals surface area (Å²) >= 11 is 0. The van der Waals surface area contributed by atoms with Gasteiger partial charge < -0.3 is 14.6 Å². The number of Topliss-reactive ketones (excluding diaryl/α,β-unsaturated/α-hetero) is 1. The smallest absolute Gasteiger partial charge is 0.435 e. The Kier molecular flexibility index (Phi) is 10.1. The zero-order valence-electron chi connectivity index (χ0n) is 23.3. The van der Waals surface area contributed by atoms with E-state index in [0.717, 1.165) is 12.0 Å². The van der Waals surface area contributed by atoms with Crippen molar-refractivity contribution in [3.05, 3.63) is 107 Å². The third-order valence-corrected chi connectivity index (χ3v) is 6.93. The highest BCUT2D eigenvalue weighted by Crippen LogP contribution is 2.37. The molecule has 1 aromatic heterocycles. The minimum absolute atomic E-state index is 0.0344. The molecule has 0 aliphatic heterocycles. The Morgan fingerprint density at radius 3 is 2.21 bits per heavy atom. The van der Waals surface area contributed by atoms with E-state index in [1.807, 2.05) is 6.92 Å². The first kappa shape index (κ1) is 30.9. The number of unbranched alkanes of at least 4 members (excludes halogenated alkanes) is 1. The summed E-state index contributed by atoms with van der Waals surface area (Å²) in [6.07, 6.45) is -3.34. The van der Waals surface area contributed by atoms with Crippen LogP contribution in [0.3, 0.4) is 0 Å². The van der Waals surface area contributed by atoms with Crippen LogP contribution in [-0.4, -0.2) is 21.9 Å². The minimum atomic E-state index is -4.70. The topological polar surface area (TPSA) is 56.2 Å². The first-order valence-electron chi connectivity index (χ1n) is 13.7. The molecule has 1 heterocycles. The molecule has 1 unspecified atom stereocenters. The van der Waals surface area contributed by atoms with E-state index in [-0.39, 0.29) is 36.0 Å². The number of nitrogens with zero attached hydrogens (tertiary/aromatic N) is 2. The molecular weight excluding hydrogens is 553 g/mol. The van der Waals surface area contributed by atoms with Gasteiger partial charge in [-0.25, -0.2) is 4.98 Å². The summed E-state index contributed by atoms with van der Waals surface area (Å²) in [5.41, 5.74) is 1.62. The van der Waals surface area contributed by atoms with E-state index in [1.54, 1.807) is 71.3 Å². The molecule has 0 bridgehead atoms. The van der Waals surface area contributed by atoms with Crippen LogP contribution in [0.5, 0.6) is 5.75 Å². The second-order valence-electron chi connectivity index (χ2n) is 9.94. The third kappa shape index (κ3) is 7.82. The van der Waals surface area contributed by atoms with Crippen LogP contribution in [0.1, 0.15) is 65.6 Å². The fraction of sp³-hybridized carbons (Fsp3) is 0.312. The molecule has 5 nitrogen and oxygen atoms in total. The molecule has 4 rings (SSSR count). The van der Waals surface area contributed by atoms with Gasteiger partial charge in [0.15, 0.2) is 11.5 Å². The van der Waals surface area contributed by atoms with Crippen LogP contribution < -0.4 is 10.1 Å². The number of ether oxygens (including phenoxy) is 1. The summed E-state index contributed by atoms with van der Waals surface area (Å²) < 4.78 is 74.9. The van der Waals surface area contributed by atoms with E-state index in [9.17, 15) is 26.7 Å². The number of nitrogens with one attached hydrogen (secondary N) is 1. The number of halogens is 5. The molecule has 0 spiro atoms.